The molecule has 0 fully saturated rings. The number of Topliss-reactive ketones (excluding diaryl/α,β-unsaturated/α-hetero) is 1. The minimum Gasteiger partial charge on any atom is -0.497 e. The van der Waals surface area contributed by atoms with E-state index in [2.05, 4.69) is 10.3 Å². The van der Waals surface area contributed by atoms with E-state index in [0.717, 1.165) is 27.8 Å². The van der Waals surface area contributed by atoms with E-state index < -0.39 is 17.7 Å². The number of methoxy groups -OCH3 is 1. The third kappa shape index (κ3) is 3.70. The Morgan fingerprint density at radius 1 is 0.867 bits per heavy atom. The predicted octanol–water partition coefficient (Wildman–Crippen LogP) is 4.57. The summed E-state index contributed by atoms with van der Waals surface area (Å²) in [5.74, 6) is -0.478. The Hall–Kier alpha value is -3.86. The summed E-state index contributed by atoms with van der Waals surface area (Å²) in [6.45, 7) is 1.80. The summed E-state index contributed by atoms with van der Waals surface area (Å²) in [5.41, 5.74) is 3.67. The first-order valence-corrected chi connectivity index (χ1v) is 9.70. The zero-order chi connectivity index (χ0) is 21.1. The number of rotatable bonds is 6. The second kappa shape index (κ2) is 8.25. The maximum Gasteiger partial charge on any atom is 0.293 e. The molecule has 0 aliphatic carbocycles. The molecule has 0 saturated carbocycles. The Bertz CT molecular complexity index is 1190. The van der Waals surface area contributed by atoms with Crippen LogP contribution >= 0.6 is 0 Å². The molecule has 1 amide bonds. The number of hydrogen-bond donors (Lipinski definition) is 2. The first kappa shape index (κ1) is 19.5. The Labute approximate surface area is 174 Å². The van der Waals surface area contributed by atoms with Gasteiger partial charge in [0, 0.05) is 16.6 Å². The van der Waals surface area contributed by atoms with Gasteiger partial charge in [0.15, 0.2) is 0 Å². The van der Waals surface area contributed by atoms with Crippen molar-refractivity contribution >= 4 is 22.6 Å². The van der Waals surface area contributed by atoms with Gasteiger partial charge in [-0.1, -0.05) is 60.7 Å². The van der Waals surface area contributed by atoms with Crippen molar-refractivity contribution in [2.45, 2.75) is 13.0 Å². The highest BCUT2D eigenvalue weighted by atomic mass is 16.5. The normalized spacial score (nSPS) is 11.8. The maximum absolute atomic E-state index is 13.1. The monoisotopic (exact) mass is 398 g/mol. The molecule has 1 atom stereocenters. The van der Waals surface area contributed by atoms with Crippen molar-refractivity contribution in [2.24, 2.45) is 0 Å². The number of ether oxygens (including phenoxy) is 1. The van der Waals surface area contributed by atoms with Crippen molar-refractivity contribution in [3.05, 3.63) is 101 Å². The minimum absolute atomic E-state index is 0.407. The summed E-state index contributed by atoms with van der Waals surface area (Å²) in [5, 5.41) is 3.67. The molecule has 0 spiro atoms. The smallest absolute Gasteiger partial charge is 0.293 e. The average Bonchev–Trinajstić information content (AvgIpc) is 3.13. The van der Waals surface area contributed by atoms with Gasteiger partial charge in [-0.2, -0.15) is 0 Å². The number of amides is 1. The van der Waals surface area contributed by atoms with Gasteiger partial charge < -0.3 is 15.0 Å². The molecular weight excluding hydrogens is 376 g/mol. The minimum atomic E-state index is -0.646. The molecule has 5 heteroatoms. The number of benzene rings is 3. The van der Waals surface area contributed by atoms with Gasteiger partial charge in [0.25, 0.3) is 11.7 Å². The maximum atomic E-state index is 13.1. The van der Waals surface area contributed by atoms with Crippen LogP contribution in [0.5, 0.6) is 5.75 Å². The molecule has 1 heterocycles. The van der Waals surface area contributed by atoms with E-state index in [-0.39, 0.29) is 0 Å². The summed E-state index contributed by atoms with van der Waals surface area (Å²) in [7, 11) is 1.60. The fourth-order valence-electron chi connectivity index (χ4n) is 3.68. The molecule has 4 rings (SSSR count). The molecule has 4 aromatic rings. The highest BCUT2D eigenvalue weighted by molar-refractivity contribution is 6.45. The zero-order valence-corrected chi connectivity index (χ0v) is 16.8. The number of ketones is 1. The molecule has 0 bridgehead atoms. The first-order chi connectivity index (χ1) is 14.6. The number of hydrogen-bond acceptors (Lipinski definition) is 3. The molecule has 30 heavy (non-hydrogen) atoms. The largest absolute Gasteiger partial charge is 0.497 e. The van der Waals surface area contributed by atoms with E-state index >= 15 is 0 Å². The topological polar surface area (TPSA) is 71.2 Å². The SMILES string of the molecule is COc1ccc(C(NC(=O)C(=O)c2c(C)[nH]c3ccccc23)c2ccccc2)cc1. The lowest BCUT2D eigenvalue weighted by atomic mass is 9.97. The molecule has 5 nitrogen and oxygen atoms in total. The molecule has 0 aliphatic rings. The van der Waals surface area contributed by atoms with Crippen LogP contribution in [0.15, 0.2) is 78.9 Å². The Kier molecular flexibility index (Phi) is 5.35. The van der Waals surface area contributed by atoms with Crippen LogP contribution in [-0.2, 0) is 4.79 Å². The average molecular weight is 398 g/mol. The number of aromatic amines is 1. The standard InChI is InChI=1S/C25H22N2O3/c1-16-22(20-10-6-7-11-21(20)26-16)24(28)25(29)27-23(17-8-4-3-5-9-17)18-12-14-19(30-2)15-13-18/h3-15,23,26H,1-2H3,(H,27,29). The predicted molar refractivity (Wildman–Crippen MR) is 117 cm³/mol. The van der Waals surface area contributed by atoms with Crippen molar-refractivity contribution in [3.63, 3.8) is 0 Å². The number of H-pyrrole nitrogens is 1. The fourth-order valence-corrected chi connectivity index (χ4v) is 3.68. The number of fused-ring (bicyclic) bond motifs is 1. The number of nitrogens with one attached hydrogen (secondary N) is 2. The highest BCUT2D eigenvalue weighted by Crippen LogP contribution is 2.26. The highest BCUT2D eigenvalue weighted by Gasteiger charge is 2.26. The lowest BCUT2D eigenvalue weighted by molar-refractivity contribution is -0.117. The van der Waals surface area contributed by atoms with Crippen LogP contribution in [0.3, 0.4) is 0 Å². The van der Waals surface area contributed by atoms with Crippen LogP contribution < -0.4 is 10.1 Å². The second-order valence-corrected chi connectivity index (χ2v) is 7.09. The fraction of sp³-hybridized carbons (Fsp3) is 0.120. The Morgan fingerprint density at radius 2 is 1.50 bits per heavy atom. The van der Waals surface area contributed by atoms with Crippen molar-refractivity contribution in [2.75, 3.05) is 7.11 Å². The van der Waals surface area contributed by atoms with Gasteiger partial charge in [-0.3, -0.25) is 9.59 Å². The van der Waals surface area contributed by atoms with Crippen molar-refractivity contribution in [1.29, 1.82) is 0 Å². The van der Waals surface area contributed by atoms with Gasteiger partial charge in [-0.25, -0.2) is 0 Å². The van der Waals surface area contributed by atoms with E-state index in [0.29, 0.717) is 11.3 Å². The number of aryl methyl sites for hydroxylation is 1. The molecule has 150 valence electrons. The van der Waals surface area contributed by atoms with Crippen molar-refractivity contribution in [1.82, 2.24) is 10.3 Å². The third-order valence-corrected chi connectivity index (χ3v) is 5.18. The van der Waals surface area contributed by atoms with Gasteiger partial charge in [0.05, 0.1) is 18.7 Å². The lowest BCUT2D eigenvalue weighted by Gasteiger charge is -2.20. The lowest BCUT2D eigenvalue weighted by Crippen LogP contribution is -2.35. The molecule has 3 aromatic carbocycles. The van der Waals surface area contributed by atoms with Gasteiger partial charge in [0.1, 0.15) is 5.75 Å². The number of carbonyl (C=O) groups is 2. The molecule has 1 aromatic heterocycles. The molecule has 0 saturated heterocycles. The molecule has 0 aliphatic heterocycles. The first-order valence-electron chi connectivity index (χ1n) is 9.70. The molecule has 1 unspecified atom stereocenters. The quantitative estimate of drug-likeness (QED) is 0.369. The van der Waals surface area contributed by atoms with Crippen molar-refractivity contribution in [3.8, 4) is 5.75 Å². The zero-order valence-electron chi connectivity index (χ0n) is 16.8. The van der Waals surface area contributed by atoms with Crippen LogP contribution in [0, 0.1) is 6.92 Å². The number of carbonyl (C=O) groups excluding carboxylic acids is 2. The van der Waals surface area contributed by atoms with E-state index in [1.165, 1.54) is 0 Å². The van der Waals surface area contributed by atoms with Crippen LogP contribution in [0.25, 0.3) is 10.9 Å². The van der Waals surface area contributed by atoms with E-state index in [9.17, 15) is 9.59 Å². The molecular formula is C25H22N2O3. The van der Waals surface area contributed by atoms with Crippen LogP contribution in [-0.4, -0.2) is 23.8 Å². The second-order valence-electron chi connectivity index (χ2n) is 7.09. The van der Waals surface area contributed by atoms with E-state index in [1.54, 1.807) is 14.0 Å². The number of aromatic nitrogens is 1. The van der Waals surface area contributed by atoms with Gasteiger partial charge in [-0.05, 0) is 36.2 Å². The van der Waals surface area contributed by atoms with Crippen molar-refractivity contribution < 1.29 is 14.3 Å². The van der Waals surface area contributed by atoms with Gasteiger partial charge in [-0.15, -0.1) is 0 Å². The van der Waals surface area contributed by atoms with E-state index in [4.69, 9.17) is 4.74 Å². The van der Waals surface area contributed by atoms with E-state index in [1.807, 2.05) is 78.9 Å². The molecule has 0 radical (unpaired) electrons. The summed E-state index contributed by atoms with van der Waals surface area (Å²) < 4.78 is 5.23. The summed E-state index contributed by atoms with van der Waals surface area (Å²) >= 11 is 0. The van der Waals surface area contributed by atoms with Gasteiger partial charge in [0.2, 0.25) is 0 Å². The molecule has 2 N–H and O–H groups in total. The Morgan fingerprint density at radius 3 is 2.20 bits per heavy atom. The summed E-state index contributed by atoms with van der Waals surface area (Å²) in [6.07, 6.45) is 0. The summed E-state index contributed by atoms with van der Waals surface area (Å²) in [6, 6.07) is 24.0. The number of para-hydroxylation sites is 1. The van der Waals surface area contributed by atoms with Crippen LogP contribution in [0.2, 0.25) is 0 Å². The third-order valence-electron chi connectivity index (χ3n) is 5.18. The Balaban J connectivity index is 1.67. The summed E-state index contributed by atoms with van der Waals surface area (Å²) in [4.78, 5) is 29.3. The van der Waals surface area contributed by atoms with Crippen LogP contribution in [0.1, 0.15) is 33.2 Å². The van der Waals surface area contributed by atoms with Gasteiger partial charge >= 0.3 is 0 Å². The van der Waals surface area contributed by atoms with Crippen LogP contribution in [0.4, 0.5) is 0 Å².